The molecular weight excluding hydrogens is 527 g/mol. The Morgan fingerprint density at radius 2 is 1.07 bits per heavy atom. The molecule has 0 heterocycles. The minimum Gasteiger partial charge on any atom is -0.309 e. The van der Waals surface area contributed by atoms with Crippen molar-refractivity contribution in [1.82, 2.24) is 0 Å². The van der Waals surface area contributed by atoms with E-state index in [1.54, 1.807) is 0 Å². The van der Waals surface area contributed by atoms with Gasteiger partial charge in [0, 0.05) is 27.7 Å². The molecule has 3 aliphatic carbocycles. The van der Waals surface area contributed by atoms with Crippen molar-refractivity contribution in [3.05, 3.63) is 180 Å². The normalized spacial score (nSPS) is 18.2. The third-order valence-corrected chi connectivity index (χ3v) is 12.0. The lowest BCUT2D eigenvalue weighted by atomic mass is 9.67. The molecule has 0 saturated heterocycles. The molecular formula is C40H29OP. The number of allylic oxidation sites excluding steroid dienone is 6. The number of hydrogen-bond acceptors (Lipinski definition) is 1. The van der Waals surface area contributed by atoms with Crippen molar-refractivity contribution >= 4 is 40.8 Å². The Morgan fingerprint density at radius 1 is 0.476 bits per heavy atom. The van der Waals surface area contributed by atoms with Crippen LogP contribution in [-0.2, 0) is 4.57 Å². The fourth-order valence-electron chi connectivity index (χ4n) is 6.87. The lowest BCUT2D eigenvalue weighted by Gasteiger charge is -2.36. The molecule has 0 fully saturated rings. The summed E-state index contributed by atoms with van der Waals surface area (Å²) in [6, 6.07) is 43.5. The molecule has 2 heteroatoms. The van der Waals surface area contributed by atoms with E-state index in [2.05, 4.69) is 91.1 Å². The summed E-state index contributed by atoms with van der Waals surface area (Å²) in [4.78, 5) is 0. The number of hydrogen-bond donors (Lipinski definition) is 0. The second kappa shape index (κ2) is 9.98. The minimum absolute atomic E-state index is 0.360. The minimum atomic E-state index is -3.00. The Morgan fingerprint density at radius 3 is 1.79 bits per heavy atom. The van der Waals surface area contributed by atoms with E-state index >= 15 is 0 Å². The average Bonchev–Trinajstić information content (AvgIpc) is 3.08. The lowest BCUT2D eigenvalue weighted by molar-refractivity contribution is 0.592. The lowest BCUT2D eigenvalue weighted by Crippen LogP contribution is -2.24. The summed E-state index contributed by atoms with van der Waals surface area (Å²) in [6.45, 7) is 0. The Hall–Kier alpha value is -4.71. The Bertz CT molecular complexity index is 1950. The highest BCUT2D eigenvalue weighted by atomic mass is 31.2. The summed E-state index contributed by atoms with van der Waals surface area (Å²) < 4.78 is 14.8. The molecule has 5 aromatic rings. The zero-order chi connectivity index (χ0) is 28.1. The van der Waals surface area contributed by atoms with Gasteiger partial charge in [-0.2, -0.15) is 0 Å². The maximum Gasteiger partial charge on any atom is 0.171 e. The van der Waals surface area contributed by atoms with Crippen molar-refractivity contribution in [2.24, 2.45) is 5.92 Å². The van der Waals surface area contributed by atoms with Crippen LogP contribution in [-0.4, -0.2) is 0 Å². The molecule has 2 atom stereocenters. The molecule has 0 spiro atoms. The van der Waals surface area contributed by atoms with Gasteiger partial charge in [0.25, 0.3) is 0 Å². The van der Waals surface area contributed by atoms with Crippen molar-refractivity contribution in [2.45, 2.75) is 5.92 Å². The second-order valence-electron chi connectivity index (χ2n) is 11.2. The SMILES string of the molecule is O=P(c1ccccc1)(c1ccccc1)c1ccc(-c2cccc(C3=C4C=Cc5cccc6c5C4C(C=C3)C=C6)c2)cc1. The second-order valence-corrected chi connectivity index (χ2v) is 14.0. The summed E-state index contributed by atoms with van der Waals surface area (Å²) in [6.07, 6.45) is 13.9. The van der Waals surface area contributed by atoms with Crippen molar-refractivity contribution in [3.63, 3.8) is 0 Å². The molecule has 1 nitrogen and oxygen atoms in total. The highest BCUT2D eigenvalue weighted by Gasteiger charge is 2.34. The maximum atomic E-state index is 14.8. The van der Waals surface area contributed by atoms with Gasteiger partial charge in [0.05, 0.1) is 0 Å². The van der Waals surface area contributed by atoms with Crippen LogP contribution in [0.15, 0.2) is 157 Å². The number of benzene rings is 5. The largest absolute Gasteiger partial charge is 0.309 e. The zero-order valence-corrected chi connectivity index (χ0v) is 24.0. The topological polar surface area (TPSA) is 17.1 Å². The van der Waals surface area contributed by atoms with E-state index in [-0.39, 0.29) is 0 Å². The van der Waals surface area contributed by atoms with Crippen molar-refractivity contribution in [1.29, 1.82) is 0 Å². The van der Waals surface area contributed by atoms with Crippen LogP contribution in [0.4, 0.5) is 0 Å². The van der Waals surface area contributed by atoms with E-state index < -0.39 is 7.14 Å². The van der Waals surface area contributed by atoms with Gasteiger partial charge in [-0.05, 0) is 50.6 Å². The van der Waals surface area contributed by atoms with Crippen molar-refractivity contribution < 1.29 is 4.57 Å². The van der Waals surface area contributed by atoms with Gasteiger partial charge < -0.3 is 4.57 Å². The van der Waals surface area contributed by atoms with Crippen LogP contribution >= 0.6 is 7.14 Å². The molecule has 0 bridgehead atoms. The van der Waals surface area contributed by atoms with Crippen molar-refractivity contribution in [2.75, 3.05) is 0 Å². The smallest absolute Gasteiger partial charge is 0.171 e. The molecule has 0 aliphatic heterocycles. The first-order valence-corrected chi connectivity index (χ1v) is 16.3. The Balaban J connectivity index is 1.18. The van der Waals surface area contributed by atoms with Crippen molar-refractivity contribution in [3.8, 4) is 11.1 Å². The van der Waals surface area contributed by atoms with Gasteiger partial charge in [0.15, 0.2) is 7.14 Å². The van der Waals surface area contributed by atoms with Gasteiger partial charge in [-0.25, -0.2) is 0 Å². The molecule has 0 N–H and O–H groups in total. The van der Waals surface area contributed by atoms with Crippen LogP contribution in [0.25, 0.3) is 28.9 Å². The van der Waals surface area contributed by atoms with E-state index in [4.69, 9.17) is 0 Å². The van der Waals surface area contributed by atoms with Crippen LogP contribution in [0.5, 0.6) is 0 Å². The van der Waals surface area contributed by atoms with E-state index in [1.165, 1.54) is 33.4 Å². The zero-order valence-electron chi connectivity index (χ0n) is 23.1. The predicted octanol–water partition coefficient (Wildman–Crippen LogP) is 8.77. The van der Waals surface area contributed by atoms with Gasteiger partial charge >= 0.3 is 0 Å². The molecule has 0 amide bonds. The summed E-state index contributed by atoms with van der Waals surface area (Å²) >= 11 is 0. The maximum absolute atomic E-state index is 14.8. The first kappa shape index (κ1) is 25.0. The fourth-order valence-corrected chi connectivity index (χ4v) is 9.52. The van der Waals surface area contributed by atoms with Crippen LogP contribution in [0.2, 0.25) is 0 Å². The first-order valence-electron chi connectivity index (χ1n) is 14.5. The molecule has 0 saturated carbocycles. The highest BCUT2D eigenvalue weighted by Crippen LogP contribution is 2.50. The van der Waals surface area contributed by atoms with Gasteiger partial charge in [0.2, 0.25) is 0 Å². The van der Waals surface area contributed by atoms with Gasteiger partial charge in [-0.15, -0.1) is 0 Å². The van der Waals surface area contributed by atoms with Crippen LogP contribution in [0, 0.1) is 5.92 Å². The summed E-state index contributed by atoms with van der Waals surface area (Å²) in [5, 5.41) is 2.55. The van der Waals surface area contributed by atoms with E-state index in [0.717, 1.165) is 27.0 Å². The third-order valence-electron chi connectivity index (χ3n) is 8.92. The van der Waals surface area contributed by atoms with E-state index in [9.17, 15) is 4.57 Å². The molecule has 8 rings (SSSR count). The number of rotatable bonds is 5. The van der Waals surface area contributed by atoms with Gasteiger partial charge in [0.1, 0.15) is 0 Å². The van der Waals surface area contributed by atoms with E-state index in [1.807, 2.05) is 72.8 Å². The van der Waals surface area contributed by atoms with Crippen LogP contribution < -0.4 is 15.9 Å². The molecule has 200 valence electrons. The summed E-state index contributed by atoms with van der Waals surface area (Å²) in [5.41, 5.74) is 10.3. The average molecular weight is 557 g/mol. The fraction of sp³-hybridized carbons (Fsp3) is 0.0500. The summed E-state index contributed by atoms with van der Waals surface area (Å²) in [7, 11) is -3.00. The molecule has 0 radical (unpaired) electrons. The molecule has 42 heavy (non-hydrogen) atoms. The Kier molecular flexibility index (Phi) is 5.95. The quantitative estimate of drug-likeness (QED) is 0.198. The monoisotopic (exact) mass is 556 g/mol. The van der Waals surface area contributed by atoms with Crippen LogP contribution in [0.3, 0.4) is 0 Å². The molecule has 0 aromatic heterocycles. The van der Waals surface area contributed by atoms with E-state index in [0.29, 0.717) is 11.8 Å². The summed E-state index contributed by atoms with van der Waals surface area (Å²) in [5.74, 6) is 0.752. The third kappa shape index (κ3) is 3.97. The first-order chi connectivity index (χ1) is 20.7. The van der Waals surface area contributed by atoms with Gasteiger partial charge in [-0.3, -0.25) is 0 Å². The molecule has 2 unspecified atom stereocenters. The van der Waals surface area contributed by atoms with Gasteiger partial charge in [-0.1, -0.05) is 158 Å². The standard InChI is InChI=1S/C40H29OP/c41-42(34-13-3-1-4-14-34,35-15-5-2-6-16-35)36-23-19-28(20-24-36)32-11-8-12-33(27-32)37-25-21-31-18-17-29-9-7-10-30-22-26-38(37)40(31)39(29)30/h1-27,31,40H. The molecule has 5 aromatic carbocycles. The highest BCUT2D eigenvalue weighted by molar-refractivity contribution is 7.85. The van der Waals surface area contributed by atoms with Crippen LogP contribution in [0.1, 0.15) is 28.2 Å². The molecule has 3 aliphatic rings. The Labute approximate surface area is 247 Å². The predicted molar refractivity (Wildman–Crippen MR) is 178 cm³/mol.